The molecule has 0 unspecified atom stereocenters. The summed E-state index contributed by atoms with van der Waals surface area (Å²) in [5.41, 5.74) is 1.10. The van der Waals surface area contributed by atoms with Crippen molar-refractivity contribution in [3.63, 3.8) is 0 Å². The second kappa shape index (κ2) is 6.37. The Morgan fingerprint density at radius 3 is 2.59 bits per heavy atom. The summed E-state index contributed by atoms with van der Waals surface area (Å²) >= 11 is 3.51. The fourth-order valence-corrected chi connectivity index (χ4v) is 3.09. The third-order valence-corrected chi connectivity index (χ3v) is 4.21. The van der Waals surface area contributed by atoms with Gasteiger partial charge in [-0.15, -0.1) is 0 Å². The largest absolute Gasteiger partial charge is 0.440 e. The van der Waals surface area contributed by atoms with Gasteiger partial charge in [0.1, 0.15) is 11.6 Å². The Morgan fingerprint density at radius 2 is 1.95 bits per heavy atom. The second-order valence-electron chi connectivity index (χ2n) is 5.17. The number of allylic oxidation sites excluding steroid dienone is 1. The van der Waals surface area contributed by atoms with Gasteiger partial charge in [-0.25, -0.2) is 4.39 Å². The lowest BCUT2D eigenvalue weighted by molar-refractivity contribution is 0.546. The van der Waals surface area contributed by atoms with Crippen LogP contribution >= 0.6 is 15.9 Å². The van der Waals surface area contributed by atoms with Crippen LogP contribution in [0.15, 0.2) is 39.2 Å². The van der Waals surface area contributed by atoms with Crippen LogP contribution in [0.3, 0.4) is 0 Å². The highest BCUT2D eigenvalue weighted by Crippen LogP contribution is 2.34. The van der Waals surface area contributed by atoms with E-state index in [1.165, 1.54) is 12.1 Å². The number of nitriles is 1. The van der Waals surface area contributed by atoms with Crippen LogP contribution in [0.25, 0.3) is 11.6 Å². The molecule has 0 amide bonds. The molecule has 1 aliphatic heterocycles. The predicted molar refractivity (Wildman–Crippen MR) is 87.7 cm³/mol. The molecule has 1 aromatic carbocycles. The summed E-state index contributed by atoms with van der Waals surface area (Å²) in [7, 11) is 0. The van der Waals surface area contributed by atoms with Crippen molar-refractivity contribution in [2.45, 2.75) is 12.8 Å². The van der Waals surface area contributed by atoms with Gasteiger partial charge in [0.15, 0.2) is 0 Å². The third-order valence-electron chi connectivity index (χ3n) is 3.64. The standard InChI is InChI=1S/C17H14BrFN2O/c18-16-10-15(22-17(16)21-7-1-2-8-21)9-13(11-20)12-3-5-14(19)6-4-12/h3-6,9-10H,1-2,7-8H2/b13-9-. The summed E-state index contributed by atoms with van der Waals surface area (Å²) in [6.45, 7) is 1.97. The molecule has 0 aliphatic carbocycles. The van der Waals surface area contributed by atoms with Crippen LogP contribution in [0, 0.1) is 17.1 Å². The van der Waals surface area contributed by atoms with Gasteiger partial charge in [-0.05, 0) is 52.5 Å². The zero-order valence-corrected chi connectivity index (χ0v) is 13.4. The number of anilines is 1. The summed E-state index contributed by atoms with van der Waals surface area (Å²) in [4.78, 5) is 2.19. The van der Waals surface area contributed by atoms with Crippen molar-refractivity contribution in [1.82, 2.24) is 0 Å². The van der Waals surface area contributed by atoms with Gasteiger partial charge in [-0.3, -0.25) is 0 Å². The molecule has 22 heavy (non-hydrogen) atoms. The molecule has 0 bridgehead atoms. The van der Waals surface area contributed by atoms with Crippen molar-refractivity contribution in [3.05, 3.63) is 51.9 Å². The Hall–Kier alpha value is -2.06. The molecular weight excluding hydrogens is 347 g/mol. The Bertz CT molecular complexity index is 737. The van der Waals surface area contributed by atoms with E-state index in [9.17, 15) is 9.65 Å². The fraction of sp³-hybridized carbons (Fsp3) is 0.235. The third kappa shape index (κ3) is 3.07. The zero-order chi connectivity index (χ0) is 15.5. The van der Waals surface area contributed by atoms with Crippen LogP contribution in [0.1, 0.15) is 24.2 Å². The summed E-state index contributed by atoms with van der Waals surface area (Å²) < 4.78 is 19.7. The van der Waals surface area contributed by atoms with Crippen molar-refractivity contribution >= 4 is 33.5 Å². The smallest absolute Gasteiger partial charge is 0.210 e. The molecule has 112 valence electrons. The van der Waals surface area contributed by atoms with Crippen LogP contribution in [-0.4, -0.2) is 13.1 Å². The number of benzene rings is 1. The van der Waals surface area contributed by atoms with E-state index in [2.05, 4.69) is 26.9 Å². The Balaban J connectivity index is 1.91. The maximum absolute atomic E-state index is 13.0. The summed E-state index contributed by atoms with van der Waals surface area (Å²) in [5, 5.41) is 9.32. The van der Waals surface area contributed by atoms with E-state index in [1.807, 2.05) is 6.07 Å². The fourth-order valence-electron chi connectivity index (χ4n) is 2.54. The minimum Gasteiger partial charge on any atom is -0.440 e. The van der Waals surface area contributed by atoms with Crippen LogP contribution in [0.5, 0.6) is 0 Å². The number of nitrogens with zero attached hydrogens (tertiary/aromatic N) is 2. The Kier molecular flexibility index (Phi) is 4.30. The molecule has 2 heterocycles. The van der Waals surface area contributed by atoms with E-state index in [0.717, 1.165) is 36.3 Å². The summed E-state index contributed by atoms with van der Waals surface area (Å²) in [6.07, 6.45) is 4.01. The first-order valence-electron chi connectivity index (χ1n) is 7.09. The molecule has 3 rings (SSSR count). The second-order valence-corrected chi connectivity index (χ2v) is 6.03. The highest BCUT2D eigenvalue weighted by molar-refractivity contribution is 9.10. The SMILES string of the molecule is N#C/C(=C/c1cc(Br)c(N2CCCC2)o1)c1ccc(F)cc1. The van der Waals surface area contributed by atoms with Gasteiger partial charge in [0, 0.05) is 19.2 Å². The van der Waals surface area contributed by atoms with Gasteiger partial charge in [-0.1, -0.05) is 12.1 Å². The highest BCUT2D eigenvalue weighted by Gasteiger charge is 2.19. The van der Waals surface area contributed by atoms with Crippen LogP contribution in [0.4, 0.5) is 10.3 Å². The monoisotopic (exact) mass is 360 g/mol. The summed E-state index contributed by atoms with van der Waals surface area (Å²) in [5.74, 6) is 1.09. The van der Waals surface area contributed by atoms with Crippen LogP contribution < -0.4 is 4.90 Å². The molecular formula is C17H14BrFN2O. The molecule has 0 saturated carbocycles. The highest BCUT2D eigenvalue weighted by atomic mass is 79.9. The lowest BCUT2D eigenvalue weighted by atomic mass is 10.1. The molecule has 1 aromatic heterocycles. The van der Waals surface area contributed by atoms with E-state index in [-0.39, 0.29) is 5.82 Å². The lowest BCUT2D eigenvalue weighted by Gasteiger charge is -2.13. The predicted octanol–water partition coefficient (Wildman–Crippen LogP) is 4.85. The van der Waals surface area contributed by atoms with Gasteiger partial charge in [-0.2, -0.15) is 5.26 Å². The molecule has 5 heteroatoms. The van der Waals surface area contributed by atoms with E-state index >= 15 is 0 Å². The topological polar surface area (TPSA) is 40.2 Å². The van der Waals surface area contributed by atoms with E-state index in [0.29, 0.717) is 16.9 Å². The quantitative estimate of drug-likeness (QED) is 0.734. The number of hydrogen-bond donors (Lipinski definition) is 0. The first-order valence-corrected chi connectivity index (χ1v) is 7.88. The van der Waals surface area contributed by atoms with Crippen molar-refractivity contribution in [2.75, 3.05) is 18.0 Å². The number of hydrogen-bond acceptors (Lipinski definition) is 3. The normalized spacial score (nSPS) is 15.1. The molecule has 2 aromatic rings. The zero-order valence-electron chi connectivity index (χ0n) is 11.9. The molecule has 0 atom stereocenters. The van der Waals surface area contributed by atoms with Crippen molar-refractivity contribution in [2.24, 2.45) is 0 Å². The minimum absolute atomic E-state index is 0.321. The average Bonchev–Trinajstić information content (AvgIpc) is 3.15. The number of rotatable bonds is 3. The molecule has 0 radical (unpaired) electrons. The maximum Gasteiger partial charge on any atom is 0.210 e. The van der Waals surface area contributed by atoms with Gasteiger partial charge in [0.05, 0.1) is 16.1 Å². The molecule has 1 aliphatic rings. The van der Waals surface area contributed by atoms with Crippen molar-refractivity contribution in [3.8, 4) is 6.07 Å². The Labute approximate surface area is 136 Å². The van der Waals surface area contributed by atoms with Crippen molar-refractivity contribution in [1.29, 1.82) is 5.26 Å². The van der Waals surface area contributed by atoms with E-state index < -0.39 is 0 Å². The van der Waals surface area contributed by atoms with Gasteiger partial charge >= 0.3 is 0 Å². The molecule has 1 fully saturated rings. The average molecular weight is 361 g/mol. The molecule has 0 N–H and O–H groups in total. The first kappa shape index (κ1) is 14.9. The molecule has 1 saturated heterocycles. The van der Waals surface area contributed by atoms with Crippen LogP contribution in [0.2, 0.25) is 0 Å². The van der Waals surface area contributed by atoms with Gasteiger partial charge in [0.2, 0.25) is 5.88 Å². The molecule has 0 spiro atoms. The minimum atomic E-state index is -0.321. The van der Waals surface area contributed by atoms with Gasteiger partial charge < -0.3 is 9.32 Å². The van der Waals surface area contributed by atoms with E-state index in [4.69, 9.17) is 4.42 Å². The summed E-state index contributed by atoms with van der Waals surface area (Å²) in [6, 6.07) is 9.85. The number of halogens is 2. The molecule has 3 nitrogen and oxygen atoms in total. The van der Waals surface area contributed by atoms with Crippen LogP contribution in [-0.2, 0) is 0 Å². The maximum atomic E-state index is 13.0. The van der Waals surface area contributed by atoms with Gasteiger partial charge in [0.25, 0.3) is 0 Å². The lowest BCUT2D eigenvalue weighted by Crippen LogP contribution is -2.17. The van der Waals surface area contributed by atoms with Crippen molar-refractivity contribution < 1.29 is 8.81 Å². The Morgan fingerprint density at radius 1 is 1.27 bits per heavy atom. The first-order chi connectivity index (χ1) is 10.7. The van der Waals surface area contributed by atoms with E-state index in [1.54, 1.807) is 18.2 Å². The number of furan rings is 1.